The molecule has 0 bridgehead atoms. The molecular weight excluding hydrogens is 528 g/mol. The second kappa shape index (κ2) is 10.2. The maximum Gasteiger partial charge on any atom is 0.256 e. The van der Waals surface area contributed by atoms with E-state index in [0.717, 1.165) is 18.4 Å². The van der Waals surface area contributed by atoms with E-state index >= 15 is 0 Å². The quantitative estimate of drug-likeness (QED) is 0.514. The van der Waals surface area contributed by atoms with Gasteiger partial charge in [0.15, 0.2) is 5.78 Å². The number of nitrogens with zero attached hydrogens (tertiary/aromatic N) is 1. The van der Waals surface area contributed by atoms with Gasteiger partial charge in [-0.2, -0.15) is 4.31 Å². The summed E-state index contributed by atoms with van der Waals surface area (Å²) in [5.41, 5.74) is 1.24. The van der Waals surface area contributed by atoms with E-state index in [1.54, 1.807) is 55.0 Å². The van der Waals surface area contributed by atoms with Gasteiger partial charge >= 0.3 is 0 Å². The Kier molecular flexibility index (Phi) is 7.45. The van der Waals surface area contributed by atoms with Crippen LogP contribution < -0.4 is 5.32 Å². The monoisotopic (exact) mass is 555 g/mol. The van der Waals surface area contributed by atoms with Gasteiger partial charge in [0.05, 0.1) is 16.0 Å². The Labute approximate surface area is 215 Å². The van der Waals surface area contributed by atoms with Crippen LogP contribution in [0.3, 0.4) is 0 Å². The summed E-state index contributed by atoms with van der Waals surface area (Å²) in [4.78, 5) is 26.8. The van der Waals surface area contributed by atoms with Crippen LogP contribution >= 0.6 is 15.9 Å². The van der Waals surface area contributed by atoms with Crippen LogP contribution in [0.15, 0.2) is 81.3 Å². The minimum absolute atomic E-state index is 0.174. The van der Waals surface area contributed by atoms with Gasteiger partial charge in [0.2, 0.25) is 10.0 Å². The van der Waals surface area contributed by atoms with E-state index in [9.17, 15) is 18.0 Å². The highest BCUT2D eigenvalue weighted by atomic mass is 79.9. The predicted molar refractivity (Wildman–Crippen MR) is 139 cm³/mol. The third kappa shape index (κ3) is 5.06. The van der Waals surface area contributed by atoms with Crippen LogP contribution in [0.1, 0.15) is 48.0 Å². The molecule has 1 fully saturated rings. The molecule has 35 heavy (non-hydrogen) atoms. The van der Waals surface area contributed by atoms with Crippen LogP contribution in [0.25, 0.3) is 0 Å². The lowest BCUT2D eigenvalue weighted by Crippen LogP contribution is -2.54. The highest BCUT2D eigenvalue weighted by molar-refractivity contribution is 9.10. The number of carbonyl (C=O) groups excluding carboxylic acids is 2. The lowest BCUT2D eigenvalue weighted by molar-refractivity contribution is -0.123. The summed E-state index contributed by atoms with van der Waals surface area (Å²) >= 11 is 3.39. The van der Waals surface area contributed by atoms with Gasteiger partial charge in [-0.1, -0.05) is 48.7 Å². The summed E-state index contributed by atoms with van der Waals surface area (Å²) in [6.45, 7) is 1.90. The molecule has 183 valence electrons. The first-order valence-corrected chi connectivity index (χ1v) is 13.8. The molecule has 0 atom stereocenters. The Morgan fingerprint density at radius 2 is 1.69 bits per heavy atom. The minimum atomic E-state index is -3.87. The second-order valence-electron chi connectivity index (χ2n) is 8.99. The van der Waals surface area contributed by atoms with E-state index in [4.69, 9.17) is 0 Å². The van der Waals surface area contributed by atoms with Gasteiger partial charge in [-0.05, 0) is 78.9 Å². The van der Waals surface area contributed by atoms with Crippen molar-refractivity contribution >= 4 is 37.6 Å². The minimum Gasteiger partial charge on any atom is -0.322 e. The number of hydrogen-bond donors (Lipinski definition) is 1. The first kappa shape index (κ1) is 25.5. The Morgan fingerprint density at radius 1 is 1.03 bits per heavy atom. The molecule has 0 spiro atoms. The zero-order valence-corrected chi connectivity index (χ0v) is 22.2. The fourth-order valence-electron chi connectivity index (χ4n) is 4.70. The van der Waals surface area contributed by atoms with Crippen molar-refractivity contribution < 1.29 is 18.0 Å². The Hall–Kier alpha value is -2.55. The number of ketones is 1. The molecule has 2 aromatic rings. The number of halogens is 1. The fourth-order valence-corrected chi connectivity index (χ4v) is 6.69. The predicted octanol–water partition coefficient (Wildman–Crippen LogP) is 5.11. The third-order valence-electron chi connectivity index (χ3n) is 6.76. The van der Waals surface area contributed by atoms with E-state index in [2.05, 4.69) is 21.2 Å². The molecule has 1 radical (unpaired) electrons. The maximum atomic E-state index is 13.9. The number of sulfonamides is 1. The number of Topliss-reactive ketones (excluding diaryl/α,β-unsaturated/α-hetero) is 1. The van der Waals surface area contributed by atoms with Crippen molar-refractivity contribution in [2.75, 3.05) is 7.05 Å². The van der Waals surface area contributed by atoms with E-state index in [0.29, 0.717) is 40.6 Å². The van der Waals surface area contributed by atoms with Gasteiger partial charge in [-0.15, -0.1) is 0 Å². The van der Waals surface area contributed by atoms with E-state index in [-0.39, 0.29) is 16.6 Å². The Bertz CT molecular complexity index is 1310. The summed E-state index contributed by atoms with van der Waals surface area (Å²) in [6.07, 6.45) is 8.20. The van der Waals surface area contributed by atoms with Gasteiger partial charge in [-0.3, -0.25) is 9.59 Å². The zero-order chi connectivity index (χ0) is 25.2. The number of nitrogens with one attached hydrogen (secondary N) is 1. The van der Waals surface area contributed by atoms with Crippen LogP contribution in [-0.4, -0.2) is 37.0 Å². The molecule has 0 aliphatic heterocycles. The van der Waals surface area contributed by atoms with Gasteiger partial charge in [0.25, 0.3) is 5.91 Å². The molecule has 1 N–H and O–H groups in total. The van der Waals surface area contributed by atoms with Crippen LogP contribution in [-0.2, 0) is 14.8 Å². The number of hydrogen-bond acceptors (Lipinski definition) is 4. The topological polar surface area (TPSA) is 83.6 Å². The Balaban J connectivity index is 1.61. The number of rotatable bonds is 7. The van der Waals surface area contributed by atoms with Crippen LogP contribution in [0.5, 0.6) is 0 Å². The number of allylic oxidation sites excluding steroid dienone is 2. The van der Waals surface area contributed by atoms with Gasteiger partial charge in [-0.25, -0.2) is 8.42 Å². The molecule has 0 saturated heterocycles. The second-order valence-corrected chi connectivity index (χ2v) is 11.8. The van der Waals surface area contributed by atoms with Crippen molar-refractivity contribution in [1.29, 1.82) is 0 Å². The number of amides is 1. The number of benzene rings is 2. The molecular formula is C27H28BrN2O4S. The van der Waals surface area contributed by atoms with Gasteiger partial charge in [0.1, 0.15) is 0 Å². The van der Waals surface area contributed by atoms with Crippen molar-refractivity contribution in [2.45, 2.75) is 49.5 Å². The van der Waals surface area contributed by atoms with E-state index in [1.165, 1.54) is 11.4 Å². The third-order valence-corrected chi connectivity index (χ3v) is 9.39. The van der Waals surface area contributed by atoms with Crippen molar-refractivity contribution in [3.63, 3.8) is 0 Å². The lowest BCUT2D eigenvalue weighted by Gasteiger charge is -2.37. The fraction of sp³-hybridized carbons (Fsp3) is 0.296. The zero-order valence-electron chi connectivity index (χ0n) is 19.8. The SMILES string of the molecule is Cc1ccc(S(=O)(=O)N(C)C2(C(=O)C3=CC(NC(=O)c4ccccc4Br)=CC[CH]3)CCCC2)cc1. The lowest BCUT2D eigenvalue weighted by atomic mass is 9.84. The molecule has 0 heterocycles. The molecule has 6 nitrogen and oxygen atoms in total. The van der Waals surface area contributed by atoms with E-state index in [1.807, 2.05) is 19.1 Å². The summed E-state index contributed by atoms with van der Waals surface area (Å²) in [7, 11) is -2.37. The van der Waals surface area contributed by atoms with Crippen LogP contribution in [0.4, 0.5) is 0 Å². The smallest absolute Gasteiger partial charge is 0.256 e. The Morgan fingerprint density at radius 3 is 2.34 bits per heavy atom. The van der Waals surface area contributed by atoms with Crippen molar-refractivity contribution in [2.24, 2.45) is 0 Å². The molecule has 0 unspecified atom stereocenters. The number of carbonyl (C=O) groups is 2. The molecule has 4 rings (SSSR count). The standard InChI is InChI=1S/C27H28BrN2O4S/c1-19-12-14-22(15-13-19)35(33,34)30(2)27(16-5-6-17-27)25(31)20-8-7-9-21(18-20)29-26(32)23-10-3-4-11-24(23)28/h3-4,8-15,18H,5-7,16-17H2,1-2H3,(H,29,32). The van der Waals surface area contributed by atoms with Crippen molar-refractivity contribution in [1.82, 2.24) is 9.62 Å². The molecule has 8 heteroatoms. The van der Waals surface area contributed by atoms with E-state index < -0.39 is 15.6 Å². The number of likely N-dealkylation sites (N-methyl/N-ethyl adjacent to an activating group) is 1. The largest absolute Gasteiger partial charge is 0.322 e. The highest BCUT2D eigenvalue weighted by Crippen LogP contribution is 2.41. The summed E-state index contributed by atoms with van der Waals surface area (Å²) in [5.74, 6) is -0.516. The molecule has 0 aromatic heterocycles. The molecule has 2 aromatic carbocycles. The van der Waals surface area contributed by atoms with Crippen molar-refractivity contribution in [3.05, 3.63) is 94.0 Å². The summed E-state index contributed by atoms with van der Waals surface area (Å²) in [5, 5.41) is 2.87. The van der Waals surface area contributed by atoms with Gasteiger partial charge < -0.3 is 5.32 Å². The first-order valence-electron chi connectivity index (χ1n) is 11.6. The van der Waals surface area contributed by atoms with Gasteiger partial charge in [0, 0.05) is 22.8 Å². The number of aryl methyl sites for hydroxylation is 1. The molecule has 1 saturated carbocycles. The summed E-state index contributed by atoms with van der Waals surface area (Å²) < 4.78 is 28.9. The van der Waals surface area contributed by atoms with Crippen LogP contribution in [0, 0.1) is 13.3 Å². The summed E-state index contributed by atoms with van der Waals surface area (Å²) in [6, 6.07) is 13.8. The van der Waals surface area contributed by atoms with Crippen LogP contribution in [0.2, 0.25) is 0 Å². The molecule has 2 aliphatic rings. The average molecular weight is 557 g/mol. The highest BCUT2D eigenvalue weighted by Gasteiger charge is 2.50. The molecule has 1 amide bonds. The maximum absolute atomic E-state index is 13.9. The first-order chi connectivity index (χ1) is 16.6. The average Bonchev–Trinajstić information content (AvgIpc) is 3.35. The van der Waals surface area contributed by atoms with Crippen molar-refractivity contribution in [3.8, 4) is 0 Å². The normalized spacial score (nSPS) is 17.6. The molecule has 2 aliphatic carbocycles.